The minimum atomic E-state index is 0.495. The summed E-state index contributed by atoms with van der Waals surface area (Å²) < 4.78 is 0. The Morgan fingerprint density at radius 1 is 0.950 bits per heavy atom. The third-order valence-electron chi connectivity index (χ3n) is 3.09. The lowest BCUT2D eigenvalue weighted by Gasteiger charge is -2.17. The average Bonchev–Trinajstić information content (AvgIpc) is 2.48. The first-order chi connectivity index (χ1) is 9.78. The van der Waals surface area contributed by atoms with Crippen molar-refractivity contribution in [3.05, 3.63) is 65.9 Å². The van der Waals surface area contributed by atoms with E-state index in [9.17, 15) is 4.79 Å². The van der Waals surface area contributed by atoms with Crippen LogP contribution in [0.5, 0.6) is 0 Å². The van der Waals surface area contributed by atoms with Gasteiger partial charge in [-0.25, -0.2) is 0 Å². The molecule has 0 radical (unpaired) electrons. The number of rotatable bonds is 3. The van der Waals surface area contributed by atoms with Gasteiger partial charge in [0, 0.05) is 11.9 Å². The van der Waals surface area contributed by atoms with Gasteiger partial charge < -0.3 is 0 Å². The molecule has 0 bridgehead atoms. The molecule has 98 valence electrons. The molecule has 0 aliphatic carbocycles. The number of aromatic nitrogens is 1. The Bertz CT molecular complexity index is 773. The van der Waals surface area contributed by atoms with E-state index in [0.717, 1.165) is 22.9 Å². The summed E-state index contributed by atoms with van der Waals surface area (Å²) in [7, 11) is 0. The van der Waals surface area contributed by atoms with E-state index < -0.39 is 0 Å². The highest BCUT2D eigenvalue weighted by Gasteiger charge is 2.09. The van der Waals surface area contributed by atoms with E-state index in [0.29, 0.717) is 10.7 Å². The molecule has 0 aliphatic heterocycles. The van der Waals surface area contributed by atoms with Gasteiger partial charge in [0.05, 0.1) is 16.9 Å². The van der Waals surface area contributed by atoms with Gasteiger partial charge in [0.15, 0.2) is 0 Å². The summed E-state index contributed by atoms with van der Waals surface area (Å²) in [5.41, 5.74) is 1.42. The third kappa shape index (κ3) is 2.36. The Morgan fingerprint density at radius 3 is 2.50 bits per heavy atom. The van der Waals surface area contributed by atoms with Crippen molar-refractivity contribution >= 4 is 40.2 Å². The summed E-state index contributed by atoms with van der Waals surface area (Å²) in [6, 6.07) is 15.6. The fourth-order valence-corrected chi connectivity index (χ4v) is 2.30. The predicted octanol–water partition coefficient (Wildman–Crippen LogP) is 4.18. The molecule has 0 saturated heterocycles. The topological polar surface area (TPSA) is 33.2 Å². The molecule has 1 heterocycles. The van der Waals surface area contributed by atoms with Crippen LogP contribution in [0.15, 0.2) is 60.9 Å². The van der Waals surface area contributed by atoms with E-state index >= 15 is 0 Å². The fourth-order valence-electron chi connectivity index (χ4n) is 2.13. The van der Waals surface area contributed by atoms with Gasteiger partial charge in [0.25, 0.3) is 0 Å². The highest BCUT2D eigenvalue weighted by atomic mass is 35.5. The molecule has 0 atom stereocenters. The molecular formula is C16H11ClN2O. The Kier molecular flexibility index (Phi) is 3.35. The van der Waals surface area contributed by atoms with Crippen molar-refractivity contribution in [1.29, 1.82) is 0 Å². The molecule has 0 unspecified atom stereocenters. The van der Waals surface area contributed by atoms with Crippen LogP contribution in [0.1, 0.15) is 0 Å². The van der Waals surface area contributed by atoms with Gasteiger partial charge in [-0.2, -0.15) is 0 Å². The number of hydrogen-bond donors (Lipinski definition) is 0. The van der Waals surface area contributed by atoms with Crippen LogP contribution in [0.25, 0.3) is 10.8 Å². The van der Waals surface area contributed by atoms with E-state index in [1.54, 1.807) is 12.3 Å². The highest BCUT2D eigenvalue weighted by Crippen LogP contribution is 2.28. The molecule has 0 saturated carbocycles. The molecule has 2 aromatic carbocycles. The van der Waals surface area contributed by atoms with E-state index in [4.69, 9.17) is 11.6 Å². The number of carbonyl (C=O) groups is 1. The summed E-state index contributed by atoms with van der Waals surface area (Å²) in [5.74, 6) is 0. The zero-order valence-corrected chi connectivity index (χ0v) is 11.3. The SMILES string of the molecule is O=CN(c1cncc(Cl)c1)c1ccc2ccccc2c1. The second-order valence-electron chi connectivity index (χ2n) is 4.37. The van der Waals surface area contributed by atoms with E-state index in [-0.39, 0.29) is 0 Å². The Labute approximate surface area is 121 Å². The maximum atomic E-state index is 11.4. The number of anilines is 2. The third-order valence-corrected chi connectivity index (χ3v) is 3.29. The molecule has 3 aromatic rings. The second kappa shape index (κ2) is 5.31. The lowest BCUT2D eigenvalue weighted by molar-refractivity contribution is -0.106. The molecule has 3 rings (SSSR count). The number of amides is 1. The van der Waals surface area contributed by atoms with Gasteiger partial charge in [0.2, 0.25) is 6.41 Å². The zero-order chi connectivity index (χ0) is 13.9. The van der Waals surface area contributed by atoms with Crippen molar-refractivity contribution in [3.8, 4) is 0 Å². The molecule has 1 aromatic heterocycles. The van der Waals surface area contributed by atoms with Crippen molar-refractivity contribution in [3.63, 3.8) is 0 Å². The first-order valence-electron chi connectivity index (χ1n) is 6.12. The van der Waals surface area contributed by atoms with Crippen LogP contribution in [0.4, 0.5) is 11.4 Å². The van der Waals surface area contributed by atoms with Gasteiger partial charge in [0.1, 0.15) is 0 Å². The molecular weight excluding hydrogens is 272 g/mol. The molecule has 0 aliphatic rings. The lowest BCUT2D eigenvalue weighted by Crippen LogP contribution is -2.14. The van der Waals surface area contributed by atoms with Gasteiger partial charge in [-0.1, -0.05) is 41.9 Å². The molecule has 0 N–H and O–H groups in total. The van der Waals surface area contributed by atoms with Gasteiger partial charge >= 0.3 is 0 Å². The summed E-state index contributed by atoms with van der Waals surface area (Å²) in [6.07, 6.45) is 3.90. The smallest absolute Gasteiger partial charge is 0.218 e. The average molecular weight is 283 g/mol. The molecule has 3 nitrogen and oxygen atoms in total. The lowest BCUT2D eigenvalue weighted by atomic mass is 10.1. The summed E-state index contributed by atoms with van der Waals surface area (Å²) in [6.45, 7) is 0. The number of halogens is 1. The first-order valence-corrected chi connectivity index (χ1v) is 6.49. The fraction of sp³-hybridized carbons (Fsp3) is 0. The van der Waals surface area contributed by atoms with E-state index in [2.05, 4.69) is 4.98 Å². The summed E-state index contributed by atoms with van der Waals surface area (Å²) in [4.78, 5) is 16.9. The zero-order valence-electron chi connectivity index (χ0n) is 10.5. The minimum absolute atomic E-state index is 0.495. The first kappa shape index (κ1) is 12.6. The molecule has 4 heteroatoms. The highest BCUT2D eigenvalue weighted by molar-refractivity contribution is 6.30. The van der Waals surface area contributed by atoms with Crippen LogP contribution in [0.2, 0.25) is 5.02 Å². The second-order valence-corrected chi connectivity index (χ2v) is 4.80. The quantitative estimate of drug-likeness (QED) is 0.675. The standard InChI is InChI=1S/C16H11ClN2O/c17-14-8-16(10-18-9-14)19(11-20)15-6-5-12-3-1-2-4-13(12)7-15/h1-11H. The van der Waals surface area contributed by atoms with Crippen LogP contribution >= 0.6 is 11.6 Å². The molecule has 20 heavy (non-hydrogen) atoms. The number of carbonyl (C=O) groups excluding carboxylic acids is 1. The maximum Gasteiger partial charge on any atom is 0.218 e. The van der Waals surface area contributed by atoms with Crippen molar-refractivity contribution < 1.29 is 4.79 Å². The van der Waals surface area contributed by atoms with Crippen LogP contribution in [-0.4, -0.2) is 11.4 Å². The Hall–Kier alpha value is -2.39. The van der Waals surface area contributed by atoms with Crippen LogP contribution in [0.3, 0.4) is 0 Å². The molecule has 0 fully saturated rings. The maximum absolute atomic E-state index is 11.4. The molecule has 0 spiro atoms. The van der Waals surface area contributed by atoms with Gasteiger partial charge in [-0.3, -0.25) is 14.7 Å². The van der Waals surface area contributed by atoms with Crippen molar-refractivity contribution in [2.75, 3.05) is 4.90 Å². The van der Waals surface area contributed by atoms with Crippen molar-refractivity contribution in [2.24, 2.45) is 0 Å². The number of fused-ring (bicyclic) bond motifs is 1. The number of benzene rings is 2. The minimum Gasteiger partial charge on any atom is -0.282 e. The van der Waals surface area contributed by atoms with Crippen LogP contribution < -0.4 is 4.90 Å². The molecule has 1 amide bonds. The number of pyridine rings is 1. The summed E-state index contributed by atoms with van der Waals surface area (Å²) >= 11 is 5.92. The van der Waals surface area contributed by atoms with Crippen LogP contribution in [-0.2, 0) is 4.79 Å². The normalized spacial score (nSPS) is 10.4. The predicted molar refractivity (Wildman–Crippen MR) is 81.4 cm³/mol. The van der Waals surface area contributed by atoms with Gasteiger partial charge in [-0.15, -0.1) is 0 Å². The Balaban J connectivity index is 2.09. The van der Waals surface area contributed by atoms with Gasteiger partial charge in [-0.05, 0) is 29.0 Å². The van der Waals surface area contributed by atoms with Crippen molar-refractivity contribution in [2.45, 2.75) is 0 Å². The number of nitrogens with zero attached hydrogens (tertiary/aromatic N) is 2. The summed E-state index contributed by atoms with van der Waals surface area (Å²) in [5, 5.41) is 2.70. The van der Waals surface area contributed by atoms with E-state index in [1.807, 2.05) is 42.5 Å². The number of hydrogen-bond acceptors (Lipinski definition) is 2. The van der Waals surface area contributed by atoms with E-state index in [1.165, 1.54) is 11.1 Å². The van der Waals surface area contributed by atoms with Crippen LogP contribution in [0, 0.1) is 0 Å². The Morgan fingerprint density at radius 2 is 1.75 bits per heavy atom. The largest absolute Gasteiger partial charge is 0.282 e. The monoisotopic (exact) mass is 282 g/mol. The van der Waals surface area contributed by atoms with Crippen molar-refractivity contribution in [1.82, 2.24) is 4.98 Å².